The van der Waals surface area contributed by atoms with Crippen LogP contribution in [0.3, 0.4) is 0 Å². The molecule has 0 saturated carbocycles. The molecule has 0 aliphatic carbocycles. The van der Waals surface area contributed by atoms with Crippen LogP contribution in [0, 0.1) is 12.7 Å². The maximum absolute atomic E-state index is 13.9. The van der Waals surface area contributed by atoms with Gasteiger partial charge in [-0.25, -0.2) is 9.37 Å². The van der Waals surface area contributed by atoms with Crippen molar-refractivity contribution in [2.45, 2.75) is 26.7 Å². The first-order chi connectivity index (χ1) is 16.2. The number of amides is 3. The van der Waals surface area contributed by atoms with Gasteiger partial charge >= 0.3 is 0 Å². The Hall–Kier alpha value is -3.53. The highest BCUT2D eigenvalue weighted by Gasteiger charge is 2.35. The Balaban J connectivity index is 1.48. The van der Waals surface area contributed by atoms with Crippen LogP contribution in [0.1, 0.15) is 47.1 Å². The first-order valence-electron chi connectivity index (χ1n) is 10.8. The number of pyridine rings is 1. The van der Waals surface area contributed by atoms with E-state index in [1.165, 1.54) is 18.2 Å². The summed E-state index contributed by atoms with van der Waals surface area (Å²) in [4.78, 5) is 43.9. The van der Waals surface area contributed by atoms with Gasteiger partial charge in [-0.3, -0.25) is 24.0 Å². The molecule has 3 aromatic rings. The largest absolute Gasteiger partial charge is 0.350 e. The molecule has 8 nitrogen and oxygen atoms in total. The number of halogens is 1. The minimum absolute atomic E-state index is 0.00229. The van der Waals surface area contributed by atoms with Gasteiger partial charge in [0.1, 0.15) is 5.82 Å². The molecule has 1 fully saturated rings. The molecule has 34 heavy (non-hydrogen) atoms. The zero-order valence-corrected chi connectivity index (χ0v) is 20.1. The number of rotatable bonds is 6. The number of carbonyl (C=O) groups excluding carboxylic acids is 3. The van der Waals surface area contributed by atoms with E-state index in [9.17, 15) is 18.8 Å². The summed E-state index contributed by atoms with van der Waals surface area (Å²) in [5.41, 5.74) is 2.77. The number of nitrogens with one attached hydrogen (secondary N) is 1. The highest BCUT2D eigenvalue weighted by Crippen LogP contribution is 2.32. The van der Waals surface area contributed by atoms with Crippen LogP contribution < -0.4 is 5.32 Å². The second-order valence-electron chi connectivity index (χ2n) is 8.27. The van der Waals surface area contributed by atoms with Crippen LogP contribution in [0.2, 0.25) is 0 Å². The Bertz CT molecular complexity index is 1350. The fraction of sp³-hybridized carbons (Fsp3) is 0.292. The summed E-state index contributed by atoms with van der Waals surface area (Å²) in [5.74, 6) is -1.21. The zero-order valence-electron chi connectivity index (χ0n) is 19.3. The number of hydrogen-bond acceptors (Lipinski definition) is 6. The number of thioether (sulfide) groups is 1. The van der Waals surface area contributed by atoms with E-state index in [0.717, 1.165) is 22.4 Å². The highest BCUT2D eigenvalue weighted by molar-refractivity contribution is 8.18. The number of nitrogens with zero attached hydrogens (tertiary/aromatic N) is 4. The summed E-state index contributed by atoms with van der Waals surface area (Å²) in [6, 6.07) is 7.78. The predicted octanol–water partition coefficient (Wildman–Crippen LogP) is 4.01. The van der Waals surface area contributed by atoms with Crippen molar-refractivity contribution in [1.82, 2.24) is 25.0 Å². The predicted molar refractivity (Wildman–Crippen MR) is 129 cm³/mol. The van der Waals surface area contributed by atoms with Gasteiger partial charge in [0.15, 0.2) is 5.65 Å². The second-order valence-corrected chi connectivity index (χ2v) is 9.26. The van der Waals surface area contributed by atoms with Crippen LogP contribution in [-0.2, 0) is 11.8 Å². The summed E-state index contributed by atoms with van der Waals surface area (Å²) >= 11 is 0.752. The summed E-state index contributed by atoms with van der Waals surface area (Å²) in [7, 11) is 1.78. The van der Waals surface area contributed by atoms with E-state index in [2.05, 4.69) is 15.4 Å². The number of aryl methyl sites for hydroxylation is 2. The van der Waals surface area contributed by atoms with Gasteiger partial charge in [0, 0.05) is 31.4 Å². The lowest BCUT2D eigenvalue weighted by molar-refractivity contribution is -0.122. The summed E-state index contributed by atoms with van der Waals surface area (Å²) in [6.07, 6.45) is 1.37. The van der Waals surface area contributed by atoms with Crippen molar-refractivity contribution in [3.63, 3.8) is 0 Å². The third kappa shape index (κ3) is 4.45. The molecule has 2 aromatic heterocycles. The molecule has 0 unspecified atom stereocenters. The van der Waals surface area contributed by atoms with Gasteiger partial charge in [0.25, 0.3) is 17.1 Å². The number of aromatic nitrogens is 3. The van der Waals surface area contributed by atoms with E-state index in [-0.39, 0.29) is 35.4 Å². The van der Waals surface area contributed by atoms with Crippen LogP contribution in [0.5, 0.6) is 0 Å². The standard InChI is InChI=1S/C24H24FN5O3S/c1-13(2)18-12-16(20-14(3)28-29(4)21(20)27-18)22(31)26-9-10-30-23(32)19(34-24(30)33)11-15-7-5-6-8-17(15)25/h5-8,11-13H,9-10H2,1-4H3,(H,26,31)/b19-11-. The fourth-order valence-electron chi connectivity index (χ4n) is 3.74. The van der Waals surface area contributed by atoms with E-state index in [1.54, 1.807) is 29.9 Å². The van der Waals surface area contributed by atoms with Crippen molar-refractivity contribution < 1.29 is 18.8 Å². The summed E-state index contributed by atoms with van der Waals surface area (Å²) < 4.78 is 15.6. The highest BCUT2D eigenvalue weighted by atomic mass is 32.2. The lowest BCUT2D eigenvalue weighted by atomic mass is 10.0. The molecule has 0 radical (unpaired) electrons. The number of hydrogen-bond donors (Lipinski definition) is 1. The van der Waals surface area contributed by atoms with Crippen molar-refractivity contribution in [3.05, 3.63) is 63.6 Å². The Labute approximate surface area is 200 Å². The molecule has 3 amide bonds. The molecule has 10 heteroatoms. The van der Waals surface area contributed by atoms with Crippen molar-refractivity contribution in [2.24, 2.45) is 7.05 Å². The van der Waals surface area contributed by atoms with Gasteiger partial charge in [0.2, 0.25) is 0 Å². The smallest absolute Gasteiger partial charge is 0.293 e. The first-order valence-corrected chi connectivity index (χ1v) is 11.6. The Morgan fingerprint density at radius 3 is 2.71 bits per heavy atom. The average molecular weight is 482 g/mol. The number of benzene rings is 1. The first kappa shape index (κ1) is 23.6. The van der Waals surface area contributed by atoms with E-state index >= 15 is 0 Å². The molecule has 1 aromatic carbocycles. The van der Waals surface area contributed by atoms with Crippen LogP contribution in [0.4, 0.5) is 9.18 Å². The molecule has 1 aliphatic rings. The maximum Gasteiger partial charge on any atom is 0.293 e. The second kappa shape index (κ2) is 9.38. The lowest BCUT2D eigenvalue weighted by Crippen LogP contribution is -2.37. The molecule has 1 aliphatic heterocycles. The number of fused-ring (bicyclic) bond motifs is 1. The molecule has 0 spiro atoms. The van der Waals surface area contributed by atoms with Crippen molar-refractivity contribution in [2.75, 3.05) is 13.1 Å². The monoisotopic (exact) mass is 481 g/mol. The van der Waals surface area contributed by atoms with Gasteiger partial charge in [-0.1, -0.05) is 32.0 Å². The molecule has 1 saturated heterocycles. The molecule has 3 heterocycles. The van der Waals surface area contributed by atoms with Crippen LogP contribution in [0.15, 0.2) is 35.2 Å². The SMILES string of the molecule is Cc1nn(C)c2nc(C(C)C)cc(C(=O)NCCN3C(=O)S/C(=C\c4ccccc4F)C3=O)c12. The van der Waals surface area contributed by atoms with Crippen molar-refractivity contribution in [3.8, 4) is 0 Å². The Kier molecular flexibility index (Phi) is 6.52. The molecule has 0 bridgehead atoms. The van der Waals surface area contributed by atoms with Crippen LogP contribution in [0.25, 0.3) is 17.1 Å². The third-order valence-electron chi connectivity index (χ3n) is 5.51. The minimum atomic E-state index is -0.510. The molecule has 1 N–H and O–H groups in total. The van der Waals surface area contributed by atoms with E-state index in [1.807, 2.05) is 20.8 Å². The Morgan fingerprint density at radius 1 is 1.26 bits per heavy atom. The van der Waals surface area contributed by atoms with E-state index in [4.69, 9.17) is 0 Å². The zero-order chi connectivity index (χ0) is 24.6. The summed E-state index contributed by atoms with van der Waals surface area (Å²) in [5, 5.41) is 7.39. The van der Waals surface area contributed by atoms with E-state index < -0.39 is 17.0 Å². The van der Waals surface area contributed by atoms with Crippen molar-refractivity contribution in [1.29, 1.82) is 0 Å². The van der Waals surface area contributed by atoms with Gasteiger partial charge in [-0.05, 0) is 42.8 Å². The van der Waals surface area contributed by atoms with Crippen LogP contribution in [-0.4, -0.2) is 49.8 Å². The maximum atomic E-state index is 13.9. The molecule has 0 atom stereocenters. The third-order valence-corrected chi connectivity index (χ3v) is 6.42. The van der Waals surface area contributed by atoms with Gasteiger partial charge < -0.3 is 5.32 Å². The van der Waals surface area contributed by atoms with Gasteiger partial charge in [0.05, 0.1) is 21.5 Å². The van der Waals surface area contributed by atoms with Gasteiger partial charge in [-0.15, -0.1) is 0 Å². The summed E-state index contributed by atoms with van der Waals surface area (Å²) in [6.45, 7) is 5.88. The quantitative estimate of drug-likeness (QED) is 0.535. The molecular formula is C24H24FN5O3S. The lowest BCUT2D eigenvalue weighted by Gasteiger charge is -2.14. The number of carbonyl (C=O) groups is 3. The molecule has 176 valence electrons. The minimum Gasteiger partial charge on any atom is -0.350 e. The topological polar surface area (TPSA) is 97.2 Å². The fourth-order valence-corrected chi connectivity index (χ4v) is 4.60. The van der Waals surface area contributed by atoms with E-state index in [0.29, 0.717) is 22.3 Å². The van der Waals surface area contributed by atoms with Gasteiger partial charge in [-0.2, -0.15) is 5.10 Å². The van der Waals surface area contributed by atoms with Crippen LogP contribution >= 0.6 is 11.8 Å². The average Bonchev–Trinajstić information content (AvgIpc) is 3.23. The van der Waals surface area contributed by atoms with Crippen molar-refractivity contribution >= 4 is 45.9 Å². The molecule has 4 rings (SSSR count). The molecular weight excluding hydrogens is 457 g/mol. The number of imide groups is 1. The normalized spacial score (nSPS) is 15.2. The Morgan fingerprint density at radius 2 is 2.00 bits per heavy atom.